The van der Waals surface area contributed by atoms with Crippen LogP contribution in [0.3, 0.4) is 0 Å². The molecule has 2 aromatic carbocycles. The van der Waals surface area contributed by atoms with Crippen LogP contribution in [-0.2, 0) is 0 Å². The van der Waals surface area contributed by atoms with Gasteiger partial charge in [0, 0.05) is 28.6 Å². The van der Waals surface area contributed by atoms with E-state index in [-0.39, 0.29) is 11.3 Å². The molecule has 4 nitrogen and oxygen atoms in total. The van der Waals surface area contributed by atoms with Crippen LogP contribution >= 0.6 is 0 Å². The highest BCUT2D eigenvalue weighted by molar-refractivity contribution is 6.01. The van der Waals surface area contributed by atoms with E-state index in [0.29, 0.717) is 28.1 Å². The molecule has 1 aromatic heterocycles. The molecule has 0 aliphatic carbocycles. The lowest BCUT2D eigenvalue weighted by Gasteiger charge is -2.15. The average Bonchev–Trinajstić information content (AvgIpc) is 2.64. The SMILES string of the molecule is COc1ccc(-n2cc(C(C)=O)c(-c3ccccc3)c(C)c2=O)cc1. The number of pyridine rings is 1. The highest BCUT2D eigenvalue weighted by atomic mass is 16.5. The minimum atomic E-state index is -0.144. The molecule has 0 fully saturated rings. The fraction of sp³-hybridized carbons (Fsp3) is 0.143. The van der Waals surface area contributed by atoms with Crippen molar-refractivity contribution in [2.24, 2.45) is 0 Å². The molecule has 1 heterocycles. The molecule has 0 unspecified atom stereocenters. The first kappa shape index (κ1) is 16.7. The van der Waals surface area contributed by atoms with Crippen LogP contribution in [0.2, 0.25) is 0 Å². The van der Waals surface area contributed by atoms with Crippen molar-refractivity contribution in [2.45, 2.75) is 13.8 Å². The fourth-order valence-electron chi connectivity index (χ4n) is 2.92. The number of ether oxygens (including phenoxy) is 1. The van der Waals surface area contributed by atoms with Crippen molar-refractivity contribution < 1.29 is 9.53 Å². The number of carbonyl (C=O) groups is 1. The fourth-order valence-corrected chi connectivity index (χ4v) is 2.92. The molecule has 0 aliphatic rings. The predicted molar refractivity (Wildman–Crippen MR) is 98.8 cm³/mol. The highest BCUT2D eigenvalue weighted by Crippen LogP contribution is 2.27. The molecule has 0 saturated carbocycles. The summed E-state index contributed by atoms with van der Waals surface area (Å²) in [5.41, 5.74) is 3.19. The maximum absolute atomic E-state index is 12.9. The molecule has 0 atom stereocenters. The van der Waals surface area contributed by atoms with Gasteiger partial charge in [-0.1, -0.05) is 30.3 Å². The lowest BCUT2D eigenvalue weighted by atomic mass is 9.95. The summed E-state index contributed by atoms with van der Waals surface area (Å²) in [5.74, 6) is 0.630. The largest absolute Gasteiger partial charge is 0.497 e. The third-order valence-electron chi connectivity index (χ3n) is 4.23. The van der Waals surface area contributed by atoms with E-state index in [1.54, 1.807) is 44.5 Å². The summed E-state index contributed by atoms with van der Waals surface area (Å²) >= 11 is 0. The topological polar surface area (TPSA) is 48.3 Å². The maximum Gasteiger partial charge on any atom is 0.258 e. The van der Waals surface area contributed by atoms with E-state index >= 15 is 0 Å². The number of benzene rings is 2. The first-order valence-corrected chi connectivity index (χ1v) is 8.00. The average molecular weight is 333 g/mol. The van der Waals surface area contributed by atoms with Crippen molar-refractivity contribution in [1.29, 1.82) is 0 Å². The predicted octanol–water partition coefficient (Wildman–Crippen LogP) is 4.02. The van der Waals surface area contributed by atoms with Crippen molar-refractivity contribution in [2.75, 3.05) is 7.11 Å². The van der Waals surface area contributed by atoms with Gasteiger partial charge < -0.3 is 4.74 Å². The van der Waals surface area contributed by atoms with Gasteiger partial charge in [0.15, 0.2) is 5.78 Å². The van der Waals surface area contributed by atoms with E-state index < -0.39 is 0 Å². The lowest BCUT2D eigenvalue weighted by molar-refractivity contribution is 0.101. The minimum Gasteiger partial charge on any atom is -0.497 e. The second-order valence-electron chi connectivity index (χ2n) is 5.84. The van der Waals surface area contributed by atoms with Gasteiger partial charge in [-0.25, -0.2) is 0 Å². The summed E-state index contributed by atoms with van der Waals surface area (Å²) in [7, 11) is 1.59. The molecule has 126 valence electrons. The van der Waals surface area contributed by atoms with Crippen LogP contribution in [-0.4, -0.2) is 17.5 Å². The molecule has 0 radical (unpaired) electrons. The Kier molecular flexibility index (Phi) is 4.52. The summed E-state index contributed by atoms with van der Waals surface area (Å²) < 4.78 is 6.67. The first-order valence-electron chi connectivity index (χ1n) is 8.00. The van der Waals surface area contributed by atoms with Gasteiger partial charge >= 0.3 is 0 Å². The van der Waals surface area contributed by atoms with Gasteiger partial charge in [-0.15, -0.1) is 0 Å². The van der Waals surface area contributed by atoms with Crippen LogP contribution in [0.4, 0.5) is 0 Å². The number of rotatable bonds is 4. The van der Waals surface area contributed by atoms with Gasteiger partial charge in [0.05, 0.1) is 7.11 Å². The van der Waals surface area contributed by atoms with Crippen molar-refractivity contribution in [3.63, 3.8) is 0 Å². The quantitative estimate of drug-likeness (QED) is 0.678. The van der Waals surface area contributed by atoms with Gasteiger partial charge in [0.2, 0.25) is 0 Å². The van der Waals surface area contributed by atoms with E-state index in [9.17, 15) is 9.59 Å². The van der Waals surface area contributed by atoms with Crippen LogP contribution in [0.25, 0.3) is 16.8 Å². The Morgan fingerprint density at radius 3 is 2.20 bits per heavy atom. The molecule has 0 spiro atoms. The molecule has 0 saturated heterocycles. The Bertz CT molecular complexity index is 971. The number of nitrogens with zero attached hydrogens (tertiary/aromatic N) is 1. The molecule has 25 heavy (non-hydrogen) atoms. The number of hydrogen-bond donors (Lipinski definition) is 0. The van der Waals surface area contributed by atoms with Gasteiger partial charge in [-0.2, -0.15) is 0 Å². The second-order valence-corrected chi connectivity index (χ2v) is 5.84. The second kappa shape index (κ2) is 6.77. The minimum absolute atomic E-state index is 0.0794. The Labute approximate surface area is 146 Å². The Morgan fingerprint density at radius 1 is 1.00 bits per heavy atom. The third-order valence-corrected chi connectivity index (χ3v) is 4.23. The van der Waals surface area contributed by atoms with E-state index in [0.717, 1.165) is 5.56 Å². The molecule has 0 N–H and O–H groups in total. The molecule has 0 aliphatic heterocycles. The lowest BCUT2D eigenvalue weighted by Crippen LogP contribution is -2.23. The van der Waals surface area contributed by atoms with Gasteiger partial charge in [0.1, 0.15) is 5.75 Å². The zero-order chi connectivity index (χ0) is 18.0. The van der Waals surface area contributed by atoms with E-state index in [1.807, 2.05) is 30.3 Å². The Balaban J connectivity index is 2.26. The first-order chi connectivity index (χ1) is 12.0. The zero-order valence-corrected chi connectivity index (χ0v) is 14.4. The number of hydrogen-bond acceptors (Lipinski definition) is 3. The summed E-state index contributed by atoms with van der Waals surface area (Å²) in [6, 6.07) is 16.7. The van der Waals surface area contributed by atoms with E-state index in [4.69, 9.17) is 4.74 Å². The number of Topliss-reactive ketones (excluding diaryl/α,β-unsaturated/α-hetero) is 1. The van der Waals surface area contributed by atoms with Crippen LogP contribution in [0.1, 0.15) is 22.8 Å². The van der Waals surface area contributed by atoms with Crippen molar-refractivity contribution in [1.82, 2.24) is 4.57 Å². The molecular weight excluding hydrogens is 314 g/mol. The molecule has 4 heteroatoms. The van der Waals surface area contributed by atoms with Crippen molar-refractivity contribution >= 4 is 5.78 Å². The number of carbonyl (C=O) groups excluding carboxylic acids is 1. The van der Waals surface area contributed by atoms with Gasteiger partial charge in [0.25, 0.3) is 5.56 Å². The van der Waals surface area contributed by atoms with Gasteiger partial charge in [-0.05, 0) is 43.7 Å². The summed E-state index contributed by atoms with van der Waals surface area (Å²) in [4.78, 5) is 25.2. The Hall–Kier alpha value is -3.14. The molecule has 0 bridgehead atoms. The summed E-state index contributed by atoms with van der Waals surface area (Å²) in [6.45, 7) is 3.28. The van der Waals surface area contributed by atoms with Crippen LogP contribution < -0.4 is 10.3 Å². The summed E-state index contributed by atoms with van der Waals surface area (Å²) in [6.07, 6.45) is 1.63. The van der Waals surface area contributed by atoms with E-state index in [1.165, 1.54) is 11.5 Å². The van der Waals surface area contributed by atoms with E-state index in [2.05, 4.69) is 0 Å². The number of aromatic nitrogens is 1. The molecule has 3 rings (SSSR count). The maximum atomic E-state index is 12.9. The number of methoxy groups -OCH3 is 1. The summed E-state index contributed by atoms with van der Waals surface area (Å²) in [5, 5.41) is 0. The molecule has 0 amide bonds. The highest BCUT2D eigenvalue weighted by Gasteiger charge is 2.17. The van der Waals surface area contributed by atoms with Crippen molar-refractivity contribution in [3.8, 4) is 22.6 Å². The van der Waals surface area contributed by atoms with Gasteiger partial charge in [-0.3, -0.25) is 14.2 Å². The Morgan fingerprint density at radius 2 is 1.64 bits per heavy atom. The van der Waals surface area contributed by atoms with Crippen LogP contribution in [0.5, 0.6) is 5.75 Å². The zero-order valence-electron chi connectivity index (χ0n) is 14.4. The standard InChI is InChI=1S/C21H19NO3/c1-14-20(16-7-5-4-6-8-16)19(15(2)23)13-22(21(14)24)17-9-11-18(25-3)12-10-17/h4-13H,1-3H3. The molecular formula is C21H19NO3. The van der Waals surface area contributed by atoms with Crippen molar-refractivity contribution in [3.05, 3.63) is 82.3 Å². The van der Waals surface area contributed by atoms with Crippen LogP contribution in [0.15, 0.2) is 65.6 Å². The number of ketones is 1. The smallest absolute Gasteiger partial charge is 0.258 e. The third kappa shape index (κ3) is 3.11. The van der Waals surface area contributed by atoms with Crippen LogP contribution in [0, 0.1) is 6.92 Å². The molecule has 3 aromatic rings. The monoisotopic (exact) mass is 333 g/mol. The normalized spacial score (nSPS) is 10.5.